The van der Waals surface area contributed by atoms with E-state index in [9.17, 15) is 4.79 Å². The van der Waals surface area contributed by atoms with Crippen LogP contribution in [-0.2, 0) is 9.63 Å². The zero-order valence-corrected chi connectivity index (χ0v) is 4.78. The van der Waals surface area contributed by atoms with E-state index in [1.807, 2.05) is 5.48 Å². The maximum atomic E-state index is 9.54. The van der Waals surface area contributed by atoms with Gasteiger partial charge in [0.25, 0.3) is 0 Å². The lowest BCUT2D eigenvalue weighted by Gasteiger charge is -2.08. The van der Waals surface area contributed by atoms with Crippen molar-refractivity contribution in [1.29, 1.82) is 0 Å². The normalized spacial score (nSPS) is 9.67. The molecule has 9 heavy (non-hydrogen) atoms. The maximum absolute atomic E-state index is 9.54. The van der Waals surface area contributed by atoms with Gasteiger partial charge in [0.1, 0.15) is 6.10 Å². The van der Waals surface area contributed by atoms with E-state index in [0.717, 1.165) is 0 Å². The SMILES string of the molecule is O=CNOC(CO)CO. The lowest BCUT2D eigenvalue weighted by molar-refractivity contribution is -0.130. The lowest BCUT2D eigenvalue weighted by Crippen LogP contribution is -2.28. The summed E-state index contributed by atoms with van der Waals surface area (Å²) < 4.78 is 0. The first kappa shape index (κ1) is 8.35. The highest BCUT2D eigenvalue weighted by Crippen LogP contribution is 1.82. The number of carbonyl (C=O) groups is 1. The smallest absolute Gasteiger partial charge is 0.230 e. The largest absolute Gasteiger partial charge is 0.393 e. The van der Waals surface area contributed by atoms with Crippen LogP contribution in [-0.4, -0.2) is 35.9 Å². The molecule has 0 rings (SSSR count). The van der Waals surface area contributed by atoms with Gasteiger partial charge >= 0.3 is 0 Å². The molecule has 0 atom stereocenters. The lowest BCUT2D eigenvalue weighted by atomic mass is 10.4. The quantitative estimate of drug-likeness (QED) is 0.301. The Bertz CT molecular complexity index is 73.0. The number of amides is 1. The first-order valence-corrected chi connectivity index (χ1v) is 2.41. The summed E-state index contributed by atoms with van der Waals surface area (Å²) in [4.78, 5) is 13.9. The molecule has 0 aliphatic carbocycles. The third-order valence-electron chi connectivity index (χ3n) is 0.690. The Hall–Kier alpha value is -0.650. The van der Waals surface area contributed by atoms with Gasteiger partial charge in [-0.2, -0.15) is 0 Å². The Balaban J connectivity index is 3.19. The van der Waals surface area contributed by atoms with E-state index >= 15 is 0 Å². The predicted octanol–water partition coefficient (Wildman–Crippen LogP) is -1.98. The van der Waals surface area contributed by atoms with Gasteiger partial charge < -0.3 is 10.2 Å². The molecule has 0 aromatic carbocycles. The number of rotatable bonds is 5. The second kappa shape index (κ2) is 5.49. The number of nitrogens with one attached hydrogen (secondary N) is 1. The summed E-state index contributed by atoms with van der Waals surface area (Å²) in [5.74, 6) is 0. The van der Waals surface area contributed by atoms with Crippen LogP contribution in [0.4, 0.5) is 0 Å². The van der Waals surface area contributed by atoms with Gasteiger partial charge in [0, 0.05) is 0 Å². The topological polar surface area (TPSA) is 78.8 Å². The number of hydrogen-bond donors (Lipinski definition) is 3. The van der Waals surface area contributed by atoms with Crippen LogP contribution >= 0.6 is 0 Å². The van der Waals surface area contributed by atoms with Gasteiger partial charge in [-0.15, -0.1) is 0 Å². The molecule has 0 aliphatic rings. The molecule has 0 saturated heterocycles. The van der Waals surface area contributed by atoms with E-state index in [4.69, 9.17) is 10.2 Å². The van der Waals surface area contributed by atoms with Crippen molar-refractivity contribution in [2.24, 2.45) is 0 Å². The molecule has 0 aromatic heterocycles. The summed E-state index contributed by atoms with van der Waals surface area (Å²) in [6, 6.07) is 0. The number of hydrogen-bond acceptors (Lipinski definition) is 4. The van der Waals surface area contributed by atoms with Crippen LogP contribution in [0.2, 0.25) is 0 Å². The summed E-state index contributed by atoms with van der Waals surface area (Å²) in [7, 11) is 0. The monoisotopic (exact) mass is 135 g/mol. The van der Waals surface area contributed by atoms with Crippen molar-refractivity contribution in [2.75, 3.05) is 13.2 Å². The molecule has 0 saturated carbocycles. The molecule has 0 spiro atoms. The number of aliphatic hydroxyl groups excluding tert-OH is 2. The molecule has 5 heteroatoms. The Kier molecular flexibility index (Phi) is 5.09. The van der Waals surface area contributed by atoms with Crippen LogP contribution in [0.3, 0.4) is 0 Å². The summed E-state index contributed by atoms with van der Waals surface area (Å²) >= 11 is 0. The molecular formula is C4H9NO4. The van der Waals surface area contributed by atoms with Crippen molar-refractivity contribution in [3.8, 4) is 0 Å². The van der Waals surface area contributed by atoms with Crippen LogP contribution in [0.15, 0.2) is 0 Å². The fourth-order valence-electron chi connectivity index (χ4n) is 0.256. The summed E-state index contributed by atoms with van der Waals surface area (Å²) in [5.41, 5.74) is 1.85. The summed E-state index contributed by atoms with van der Waals surface area (Å²) in [5, 5.41) is 16.6. The van der Waals surface area contributed by atoms with Crippen LogP contribution in [0.1, 0.15) is 0 Å². The molecule has 0 radical (unpaired) electrons. The Morgan fingerprint density at radius 2 is 2.11 bits per heavy atom. The van der Waals surface area contributed by atoms with Gasteiger partial charge in [-0.25, -0.2) is 5.48 Å². The van der Waals surface area contributed by atoms with Crippen molar-refractivity contribution < 1.29 is 19.8 Å². The summed E-state index contributed by atoms with van der Waals surface area (Å²) in [6.07, 6.45) is -0.409. The maximum Gasteiger partial charge on any atom is 0.230 e. The van der Waals surface area contributed by atoms with Gasteiger partial charge in [0.2, 0.25) is 6.41 Å². The highest BCUT2D eigenvalue weighted by atomic mass is 16.7. The third kappa shape index (κ3) is 3.89. The standard InChI is InChI=1S/C4H9NO4/c6-1-4(2-7)9-5-3-8/h3-4,6-7H,1-2H2,(H,5,8). The Morgan fingerprint density at radius 3 is 2.44 bits per heavy atom. The van der Waals surface area contributed by atoms with Crippen molar-refractivity contribution >= 4 is 6.41 Å². The fourth-order valence-corrected chi connectivity index (χ4v) is 0.256. The van der Waals surface area contributed by atoms with Crippen LogP contribution < -0.4 is 5.48 Å². The zero-order chi connectivity index (χ0) is 7.11. The molecule has 0 aromatic rings. The third-order valence-corrected chi connectivity index (χ3v) is 0.690. The van der Waals surface area contributed by atoms with Gasteiger partial charge in [0.15, 0.2) is 0 Å². The zero-order valence-electron chi connectivity index (χ0n) is 4.78. The minimum absolute atomic E-state index is 0.318. The highest BCUT2D eigenvalue weighted by Gasteiger charge is 2.03. The molecule has 0 unspecified atom stereocenters. The van der Waals surface area contributed by atoms with Gasteiger partial charge in [-0.05, 0) is 0 Å². The van der Waals surface area contributed by atoms with Gasteiger partial charge in [-0.1, -0.05) is 0 Å². The average Bonchev–Trinajstić information content (AvgIpc) is 1.91. The molecule has 0 bridgehead atoms. The van der Waals surface area contributed by atoms with Crippen LogP contribution in [0, 0.1) is 0 Å². The molecule has 5 nitrogen and oxygen atoms in total. The van der Waals surface area contributed by atoms with Crippen LogP contribution in [0.25, 0.3) is 0 Å². The van der Waals surface area contributed by atoms with Crippen molar-refractivity contribution in [1.82, 2.24) is 5.48 Å². The Morgan fingerprint density at radius 1 is 1.56 bits per heavy atom. The van der Waals surface area contributed by atoms with E-state index in [2.05, 4.69) is 4.84 Å². The number of hydroxylamine groups is 1. The minimum Gasteiger partial charge on any atom is -0.393 e. The van der Waals surface area contributed by atoms with Crippen molar-refractivity contribution in [2.45, 2.75) is 6.10 Å². The minimum atomic E-state index is -0.727. The number of carbonyl (C=O) groups excluding carboxylic acids is 1. The summed E-state index contributed by atoms with van der Waals surface area (Å²) in [6.45, 7) is -0.644. The first-order valence-electron chi connectivity index (χ1n) is 2.41. The first-order chi connectivity index (χ1) is 4.35. The average molecular weight is 135 g/mol. The van der Waals surface area contributed by atoms with E-state index in [0.29, 0.717) is 6.41 Å². The molecule has 0 fully saturated rings. The molecule has 3 N–H and O–H groups in total. The van der Waals surface area contributed by atoms with Gasteiger partial charge in [-0.3, -0.25) is 9.63 Å². The Labute approximate surface area is 52.2 Å². The predicted molar refractivity (Wildman–Crippen MR) is 28.2 cm³/mol. The second-order valence-electron chi connectivity index (χ2n) is 1.34. The van der Waals surface area contributed by atoms with E-state index in [1.165, 1.54) is 0 Å². The molecule has 0 aliphatic heterocycles. The van der Waals surface area contributed by atoms with E-state index in [-0.39, 0.29) is 13.2 Å². The highest BCUT2D eigenvalue weighted by molar-refractivity contribution is 5.43. The number of aliphatic hydroxyl groups is 2. The molecular weight excluding hydrogens is 126 g/mol. The molecule has 1 amide bonds. The van der Waals surface area contributed by atoms with Gasteiger partial charge in [0.05, 0.1) is 13.2 Å². The van der Waals surface area contributed by atoms with Crippen molar-refractivity contribution in [3.05, 3.63) is 0 Å². The van der Waals surface area contributed by atoms with Crippen molar-refractivity contribution in [3.63, 3.8) is 0 Å². The van der Waals surface area contributed by atoms with E-state index in [1.54, 1.807) is 0 Å². The molecule has 0 heterocycles. The second-order valence-corrected chi connectivity index (χ2v) is 1.34. The van der Waals surface area contributed by atoms with Crippen LogP contribution in [0.5, 0.6) is 0 Å². The fraction of sp³-hybridized carbons (Fsp3) is 0.750. The molecule has 54 valence electrons. The van der Waals surface area contributed by atoms with E-state index < -0.39 is 6.10 Å².